The Morgan fingerprint density at radius 1 is 1.18 bits per heavy atom. The first-order chi connectivity index (χ1) is 10.7. The van der Waals surface area contributed by atoms with Crippen LogP contribution in [0.25, 0.3) is 0 Å². The molecule has 1 aromatic rings. The molecule has 2 saturated heterocycles. The third-order valence-electron chi connectivity index (χ3n) is 5.02. The molecule has 2 atom stereocenters. The zero-order valence-electron chi connectivity index (χ0n) is 13.6. The molecule has 3 nitrogen and oxygen atoms in total. The topological polar surface area (TPSA) is 18.5 Å². The van der Waals surface area contributed by atoms with Gasteiger partial charge in [-0.2, -0.15) is 0 Å². The number of nitrogens with zero attached hydrogens (tertiary/aromatic N) is 2. The van der Waals surface area contributed by atoms with E-state index in [1.54, 1.807) is 12.1 Å². The lowest BCUT2D eigenvalue weighted by molar-refractivity contribution is 0.0912. The van der Waals surface area contributed by atoms with Crippen molar-refractivity contribution in [1.82, 2.24) is 15.1 Å². The van der Waals surface area contributed by atoms with Crippen molar-refractivity contribution in [1.29, 1.82) is 0 Å². The highest BCUT2D eigenvalue weighted by atomic mass is 19.1. The number of nitrogens with one attached hydrogen (secondary N) is 1. The van der Waals surface area contributed by atoms with Crippen LogP contribution in [-0.4, -0.2) is 55.6 Å². The molecule has 122 valence electrons. The normalized spacial score (nSPS) is 26.0. The van der Waals surface area contributed by atoms with Crippen LogP contribution < -0.4 is 5.32 Å². The summed E-state index contributed by atoms with van der Waals surface area (Å²) in [6.07, 6.45) is 2.61. The Balaban J connectivity index is 1.75. The van der Waals surface area contributed by atoms with E-state index in [0.717, 1.165) is 45.2 Å². The second-order valence-electron chi connectivity index (χ2n) is 6.86. The molecule has 0 spiro atoms. The van der Waals surface area contributed by atoms with Crippen LogP contribution in [0.4, 0.5) is 4.39 Å². The van der Waals surface area contributed by atoms with Crippen molar-refractivity contribution in [3.8, 4) is 0 Å². The molecule has 2 aliphatic heterocycles. The number of likely N-dealkylation sites (tertiary alicyclic amines) is 1. The molecule has 2 aliphatic rings. The van der Waals surface area contributed by atoms with Crippen LogP contribution in [-0.2, 0) is 0 Å². The summed E-state index contributed by atoms with van der Waals surface area (Å²) >= 11 is 0. The highest BCUT2D eigenvalue weighted by Gasteiger charge is 2.27. The van der Waals surface area contributed by atoms with E-state index in [2.05, 4.69) is 22.0 Å². The molecule has 2 unspecified atom stereocenters. The van der Waals surface area contributed by atoms with Crippen molar-refractivity contribution < 1.29 is 4.39 Å². The fourth-order valence-electron chi connectivity index (χ4n) is 3.76. The van der Waals surface area contributed by atoms with E-state index in [1.165, 1.54) is 24.9 Å². The molecule has 0 aliphatic carbocycles. The second-order valence-corrected chi connectivity index (χ2v) is 6.86. The van der Waals surface area contributed by atoms with Crippen LogP contribution in [0, 0.1) is 11.7 Å². The fraction of sp³-hybridized carbons (Fsp3) is 0.667. The molecule has 0 amide bonds. The number of hydrogen-bond acceptors (Lipinski definition) is 3. The monoisotopic (exact) mass is 305 g/mol. The number of halogens is 1. The van der Waals surface area contributed by atoms with E-state index < -0.39 is 0 Å². The maximum Gasteiger partial charge on any atom is 0.123 e. The molecule has 1 aromatic carbocycles. The molecule has 2 fully saturated rings. The molecule has 4 heteroatoms. The maximum absolute atomic E-state index is 13.3. The Morgan fingerprint density at radius 3 is 2.59 bits per heavy atom. The largest absolute Gasteiger partial charge is 0.314 e. The summed E-state index contributed by atoms with van der Waals surface area (Å²) in [5, 5.41) is 3.42. The van der Waals surface area contributed by atoms with Crippen molar-refractivity contribution in [2.45, 2.75) is 25.8 Å². The minimum Gasteiger partial charge on any atom is -0.314 e. The summed E-state index contributed by atoms with van der Waals surface area (Å²) in [5.41, 5.74) is 1.26. The van der Waals surface area contributed by atoms with Crippen LogP contribution in [0.15, 0.2) is 24.3 Å². The van der Waals surface area contributed by atoms with E-state index in [9.17, 15) is 4.39 Å². The van der Waals surface area contributed by atoms with Crippen molar-refractivity contribution in [3.63, 3.8) is 0 Å². The molecular formula is C18H28FN3. The lowest BCUT2D eigenvalue weighted by Crippen LogP contribution is -2.48. The minimum atomic E-state index is -0.142. The van der Waals surface area contributed by atoms with Crippen LogP contribution in [0.3, 0.4) is 0 Å². The molecule has 2 heterocycles. The van der Waals surface area contributed by atoms with E-state index in [1.807, 2.05) is 12.1 Å². The number of benzene rings is 1. The minimum absolute atomic E-state index is 0.142. The SMILES string of the molecule is CC1CCCN(C(CN2CCNCC2)c2ccc(F)cc2)C1. The Bertz CT molecular complexity index is 456. The van der Waals surface area contributed by atoms with Crippen molar-refractivity contribution in [3.05, 3.63) is 35.6 Å². The van der Waals surface area contributed by atoms with Crippen molar-refractivity contribution in [2.75, 3.05) is 45.8 Å². The van der Waals surface area contributed by atoms with Gasteiger partial charge in [-0.1, -0.05) is 19.1 Å². The maximum atomic E-state index is 13.3. The molecule has 0 radical (unpaired) electrons. The van der Waals surface area contributed by atoms with Crippen molar-refractivity contribution >= 4 is 0 Å². The molecule has 0 saturated carbocycles. The molecule has 22 heavy (non-hydrogen) atoms. The zero-order chi connectivity index (χ0) is 15.4. The third kappa shape index (κ3) is 4.06. The summed E-state index contributed by atoms with van der Waals surface area (Å²) in [7, 11) is 0. The standard InChI is InChI=1S/C18H28FN3/c1-15-3-2-10-22(13-15)18(14-21-11-8-20-9-12-21)16-4-6-17(19)7-5-16/h4-7,15,18,20H,2-3,8-14H2,1H3. The summed E-state index contributed by atoms with van der Waals surface area (Å²) < 4.78 is 13.3. The quantitative estimate of drug-likeness (QED) is 0.922. The number of piperazine rings is 1. The first kappa shape index (κ1) is 15.9. The summed E-state index contributed by atoms with van der Waals surface area (Å²) in [5.74, 6) is 0.622. The lowest BCUT2D eigenvalue weighted by Gasteiger charge is -2.40. The average molecular weight is 305 g/mol. The van der Waals surface area contributed by atoms with Gasteiger partial charge in [0.25, 0.3) is 0 Å². The highest BCUT2D eigenvalue weighted by Crippen LogP contribution is 2.28. The van der Waals surface area contributed by atoms with Crippen molar-refractivity contribution in [2.24, 2.45) is 5.92 Å². The summed E-state index contributed by atoms with van der Waals surface area (Å²) in [6.45, 7) is 10.1. The first-order valence-electron chi connectivity index (χ1n) is 8.65. The molecule has 0 bridgehead atoms. The number of piperidine rings is 1. The van der Waals surface area contributed by atoms with Gasteiger partial charge in [-0.05, 0) is 43.0 Å². The lowest BCUT2D eigenvalue weighted by atomic mass is 9.95. The molecule has 0 aromatic heterocycles. The third-order valence-corrected chi connectivity index (χ3v) is 5.02. The van der Waals surface area contributed by atoms with Gasteiger partial charge >= 0.3 is 0 Å². The van der Waals surface area contributed by atoms with Gasteiger partial charge in [-0.3, -0.25) is 9.80 Å². The summed E-state index contributed by atoms with van der Waals surface area (Å²) in [6, 6.07) is 7.55. The zero-order valence-corrected chi connectivity index (χ0v) is 13.6. The van der Waals surface area contributed by atoms with Gasteiger partial charge in [-0.25, -0.2) is 4.39 Å². The van der Waals surface area contributed by atoms with Gasteiger partial charge in [0, 0.05) is 45.3 Å². The Hall–Kier alpha value is -0.970. The molecular weight excluding hydrogens is 277 g/mol. The van der Waals surface area contributed by atoms with Crippen LogP contribution in [0.5, 0.6) is 0 Å². The van der Waals surface area contributed by atoms with E-state index in [0.29, 0.717) is 6.04 Å². The average Bonchev–Trinajstić information content (AvgIpc) is 2.55. The fourth-order valence-corrected chi connectivity index (χ4v) is 3.76. The van der Waals surface area contributed by atoms with Crippen LogP contribution in [0.1, 0.15) is 31.4 Å². The highest BCUT2D eigenvalue weighted by molar-refractivity contribution is 5.21. The Labute approximate surface area is 133 Å². The van der Waals surface area contributed by atoms with E-state index in [-0.39, 0.29) is 5.82 Å². The predicted octanol–water partition coefficient (Wildman–Crippen LogP) is 2.50. The molecule has 3 rings (SSSR count). The smallest absolute Gasteiger partial charge is 0.123 e. The van der Waals surface area contributed by atoms with Gasteiger partial charge in [0.1, 0.15) is 5.82 Å². The number of rotatable bonds is 4. The van der Waals surface area contributed by atoms with Gasteiger partial charge < -0.3 is 5.32 Å². The predicted molar refractivity (Wildman–Crippen MR) is 88.4 cm³/mol. The van der Waals surface area contributed by atoms with Crippen LogP contribution >= 0.6 is 0 Å². The van der Waals surface area contributed by atoms with Crippen LogP contribution in [0.2, 0.25) is 0 Å². The summed E-state index contributed by atoms with van der Waals surface area (Å²) in [4.78, 5) is 5.16. The van der Waals surface area contributed by atoms with E-state index >= 15 is 0 Å². The molecule has 1 N–H and O–H groups in total. The van der Waals surface area contributed by atoms with Gasteiger partial charge in [0.15, 0.2) is 0 Å². The van der Waals surface area contributed by atoms with Gasteiger partial charge in [0.2, 0.25) is 0 Å². The first-order valence-corrected chi connectivity index (χ1v) is 8.65. The van der Waals surface area contributed by atoms with Gasteiger partial charge in [0.05, 0.1) is 0 Å². The number of hydrogen-bond donors (Lipinski definition) is 1. The Kier molecular flexibility index (Phi) is 5.45. The second kappa shape index (κ2) is 7.53. The van der Waals surface area contributed by atoms with Gasteiger partial charge in [-0.15, -0.1) is 0 Å². The Morgan fingerprint density at radius 2 is 1.91 bits per heavy atom. The van der Waals surface area contributed by atoms with E-state index in [4.69, 9.17) is 0 Å².